The van der Waals surface area contributed by atoms with Crippen LogP contribution in [0.2, 0.25) is 0 Å². The smallest absolute Gasteiger partial charge is 0.0694 e. The molecule has 0 saturated carbocycles. The van der Waals surface area contributed by atoms with Gasteiger partial charge in [-0.1, -0.05) is 41.0 Å². The third-order valence-electron chi connectivity index (χ3n) is 1.29. The molecule has 69 valence electrons. The van der Waals surface area contributed by atoms with Crippen molar-refractivity contribution in [3.8, 4) is 0 Å². The summed E-state index contributed by atoms with van der Waals surface area (Å²) in [5.41, 5.74) is 0.975. The predicted molar refractivity (Wildman–Crippen MR) is 44.8 cm³/mol. The molecule has 0 aliphatic rings. The number of hydrogen-bond acceptors (Lipinski definition) is 4. The molecule has 5 heteroatoms. The first kappa shape index (κ1) is 13.2. The summed E-state index contributed by atoms with van der Waals surface area (Å²) in [7, 11) is -2.11. The van der Waals surface area contributed by atoms with Gasteiger partial charge in [0.25, 0.3) is 0 Å². The molecule has 0 saturated heterocycles. The van der Waals surface area contributed by atoms with E-state index in [9.17, 15) is 8.42 Å². The van der Waals surface area contributed by atoms with E-state index >= 15 is 0 Å². The third kappa shape index (κ3) is 6.32. The Kier molecular flexibility index (Phi) is 7.76. The molecule has 0 aromatic heterocycles. The van der Waals surface area contributed by atoms with Gasteiger partial charge in [-0.15, -0.1) is 0 Å². The average molecular weight is 274 g/mol. The van der Waals surface area contributed by atoms with Crippen molar-refractivity contribution >= 4 is 10.7 Å². The van der Waals surface area contributed by atoms with Gasteiger partial charge in [0, 0.05) is 38.6 Å². The fraction of sp³-hybridized carbons (Fsp3) is 0.250. The van der Waals surface area contributed by atoms with Crippen molar-refractivity contribution in [1.29, 1.82) is 0 Å². The standard InChI is InChI=1S/C8H9O3S.Y/c9-12(10)7-11-6-8-4-2-1-3-5-8;/h1-5H,6-7H2;/q-1;. The van der Waals surface area contributed by atoms with E-state index in [1.54, 1.807) is 0 Å². The van der Waals surface area contributed by atoms with E-state index in [0.717, 1.165) is 5.56 Å². The summed E-state index contributed by atoms with van der Waals surface area (Å²) < 4.78 is 25.0. The van der Waals surface area contributed by atoms with Crippen LogP contribution in [0.15, 0.2) is 30.3 Å². The molecule has 0 aliphatic carbocycles. The molecule has 1 aromatic carbocycles. The molecule has 0 fully saturated rings. The second kappa shape index (κ2) is 7.62. The van der Waals surface area contributed by atoms with E-state index in [1.807, 2.05) is 30.3 Å². The fourth-order valence-corrected chi connectivity index (χ4v) is 1.02. The maximum atomic E-state index is 10.1. The second-order valence-corrected chi connectivity index (χ2v) is 3.10. The summed E-state index contributed by atoms with van der Waals surface area (Å²) in [5, 5.41) is 0. The monoisotopic (exact) mass is 274 g/mol. The average Bonchev–Trinajstić information content (AvgIpc) is 2.05. The van der Waals surface area contributed by atoms with E-state index in [2.05, 4.69) is 0 Å². The van der Waals surface area contributed by atoms with Gasteiger partial charge in [0.05, 0.1) is 6.61 Å². The van der Waals surface area contributed by atoms with Crippen LogP contribution < -0.4 is 0 Å². The molecule has 0 heterocycles. The Morgan fingerprint density at radius 1 is 1.15 bits per heavy atom. The van der Waals surface area contributed by atoms with Crippen LogP contribution in [0, 0.1) is 0 Å². The van der Waals surface area contributed by atoms with Crippen LogP contribution in [0.1, 0.15) is 5.56 Å². The zero-order valence-electron chi connectivity index (χ0n) is 7.01. The van der Waals surface area contributed by atoms with Gasteiger partial charge in [-0.25, -0.2) is 0 Å². The number of ether oxygens (including phenoxy) is 1. The van der Waals surface area contributed by atoms with Crippen LogP contribution in [0.4, 0.5) is 0 Å². The Bertz CT molecular complexity index is 290. The maximum Gasteiger partial charge on any atom is 0.0694 e. The van der Waals surface area contributed by atoms with Crippen molar-refractivity contribution in [1.82, 2.24) is 0 Å². The molecule has 0 unspecified atom stereocenters. The summed E-state index contributed by atoms with van der Waals surface area (Å²) in [6, 6.07) is 9.43. The molecule has 0 spiro atoms. The fourth-order valence-electron chi connectivity index (χ4n) is 0.802. The van der Waals surface area contributed by atoms with E-state index in [4.69, 9.17) is 4.74 Å². The first-order valence-corrected chi connectivity index (χ1v) is 4.71. The summed E-state index contributed by atoms with van der Waals surface area (Å²) in [6.07, 6.45) is 0. The minimum atomic E-state index is -2.11. The molecule has 1 aromatic rings. The molecule has 0 bridgehead atoms. The second-order valence-electron chi connectivity index (χ2n) is 2.26. The number of rotatable bonds is 4. The Morgan fingerprint density at radius 3 is 2.31 bits per heavy atom. The van der Waals surface area contributed by atoms with Crippen LogP contribution in [-0.2, 0) is 63.2 Å². The summed E-state index contributed by atoms with van der Waals surface area (Å²) >= 11 is 0. The Hall–Kier alpha value is 0.234. The minimum absolute atomic E-state index is 0. The molecule has 1 rings (SSSR count). The largest absolute Gasteiger partial charge is 0.422 e. The van der Waals surface area contributed by atoms with Gasteiger partial charge in [0.2, 0.25) is 0 Å². The van der Waals surface area contributed by atoms with E-state index < -0.39 is 10.7 Å². The van der Waals surface area contributed by atoms with Crippen molar-refractivity contribution in [2.45, 2.75) is 6.61 Å². The third-order valence-corrected chi connectivity index (χ3v) is 1.65. The SMILES string of the molecule is O=[S-](=O)COCc1ccccc1.[Y]. The number of hydrogen-bond donors (Lipinski definition) is 0. The zero-order valence-corrected chi connectivity index (χ0v) is 10.7. The number of benzene rings is 1. The predicted octanol–water partition coefficient (Wildman–Crippen LogP) is 1.47. The van der Waals surface area contributed by atoms with Crippen molar-refractivity contribution in [3.05, 3.63) is 35.9 Å². The van der Waals surface area contributed by atoms with Crippen molar-refractivity contribution in [2.75, 3.05) is 5.94 Å². The molecule has 0 N–H and O–H groups in total. The Balaban J connectivity index is 0.00000144. The van der Waals surface area contributed by atoms with Crippen LogP contribution >= 0.6 is 0 Å². The van der Waals surface area contributed by atoms with Gasteiger partial charge in [-0.2, -0.15) is 0 Å². The summed E-state index contributed by atoms with van der Waals surface area (Å²) in [4.78, 5) is 0. The molecule has 0 atom stereocenters. The van der Waals surface area contributed by atoms with Gasteiger partial charge in [-0.05, 0) is 5.56 Å². The Labute approximate surface area is 104 Å². The van der Waals surface area contributed by atoms with Gasteiger partial charge in [0.15, 0.2) is 0 Å². The van der Waals surface area contributed by atoms with E-state index in [-0.39, 0.29) is 38.6 Å². The first-order chi connectivity index (χ1) is 5.79. The van der Waals surface area contributed by atoms with Gasteiger partial charge >= 0.3 is 0 Å². The molecule has 3 nitrogen and oxygen atoms in total. The van der Waals surface area contributed by atoms with Crippen LogP contribution in [0.25, 0.3) is 0 Å². The van der Waals surface area contributed by atoms with Crippen molar-refractivity contribution < 1.29 is 45.9 Å². The topological polar surface area (TPSA) is 43.4 Å². The Morgan fingerprint density at radius 2 is 1.77 bits per heavy atom. The van der Waals surface area contributed by atoms with Crippen LogP contribution in [0.5, 0.6) is 0 Å². The van der Waals surface area contributed by atoms with Crippen LogP contribution in [-0.4, -0.2) is 5.94 Å². The molecule has 13 heavy (non-hydrogen) atoms. The molecule has 0 aliphatic heterocycles. The normalized spacial score (nSPS) is 9.62. The maximum absolute atomic E-state index is 10.1. The van der Waals surface area contributed by atoms with Gasteiger partial charge in [0.1, 0.15) is 0 Å². The first-order valence-electron chi connectivity index (χ1n) is 3.46. The summed E-state index contributed by atoms with van der Waals surface area (Å²) in [6.45, 7) is 0.342. The van der Waals surface area contributed by atoms with Gasteiger partial charge in [-0.3, -0.25) is 0 Å². The van der Waals surface area contributed by atoms with E-state index in [1.165, 1.54) is 0 Å². The molecule has 1 radical (unpaired) electrons. The zero-order chi connectivity index (χ0) is 8.81. The summed E-state index contributed by atoms with van der Waals surface area (Å²) in [5.74, 6) is -0.241. The molecule has 0 amide bonds. The van der Waals surface area contributed by atoms with Crippen LogP contribution in [0.3, 0.4) is 0 Å². The van der Waals surface area contributed by atoms with Crippen molar-refractivity contribution in [2.24, 2.45) is 0 Å². The van der Waals surface area contributed by atoms with E-state index in [0.29, 0.717) is 6.61 Å². The van der Waals surface area contributed by atoms with Crippen molar-refractivity contribution in [3.63, 3.8) is 0 Å². The molecular weight excluding hydrogens is 265 g/mol. The minimum Gasteiger partial charge on any atom is -0.422 e. The molecular formula is C8H9O3SY-. The van der Waals surface area contributed by atoms with Gasteiger partial charge < -0.3 is 13.2 Å². The quantitative estimate of drug-likeness (QED) is 0.781.